The lowest BCUT2D eigenvalue weighted by molar-refractivity contribution is 0.0590. The second-order valence-electron chi connectivity index (χ2n) is 6.11. The van der Waals surface area contributed by atoms with E-state index in [9.17, 15) is 21.6 Å². The lowest BCUT2D eigenvalue weighted by Gasteiger charge is -2.17. The van der Waals surface area contributed by atoms with Crippen LogP contribution in [0.3, 0.4) is 0 Å². The maximum absolute atomic E-state index is 12.2. The Labute approximate surface area is 175 Å². The van der Waals surface area contributed by atoms with Crippen LogP contribution in [0.2, 0.25) is 0 Å². The number of carbonyl (C=O) groups excluding carboxylic acids is 1. The van der Waals surface area contributed by atoms with Crippen LogP contribution in [0.25, 0.3) is 0 Å². The highest BCUT2D eigenvalue weighted by atomic mass is 32.2. The molecule has 0 amide bonds. The van der Waals surface area contributed by atoms with Crippen LogP contribution in [0.4, 0.5) is 0 Å². The standard InChI is InChI=1S/C17H26O11S2/c1-3-6-27-14-11-13(26-7-4-9-29(19,20)21)12-15(16(14)17(18)25-2)28-8-5-10-30(22,23)24/h11-12H,3-10H2,1-2H3,(H,19,20,21)(H,22,23,24). The van der Waals surface area contributed by atoms with E-state index >= 15 is 0 Å². The topological polar surface area (TPSA) is 163 Å². The van der Waals surface area contributed by atoms with Gasteiger partial charge in [-0.2, -0.15) is 16.8 Å². The third-order valence-corrected chi connectivity index (χ3v) is 5.12. The van der Waals surface area contributed by atoms with E-state index in [-0.39, 0.29) is 55.5 Å². The fourth-order valence-electron chi connectivity index (χ4n) is 2.25. The molecule has 0 saturated carbocycles. The van der Waals surface area contributed by atoms with Crippen molar-refractivity contribution in [1.82, 2.24) is 0 Å². The molecule has 13 heteroatoms. The molecule has 0 saturated heterocycles. The van der Waals surface area contributed by atoms with Crippen LogP contribution in [0.5, 0.6) is 17.2 Å². The normalized spacial score (nSPS) is 11.7. The molecule has 0 unspecified atom stereocenters. The van der Waals surface area contributed by atoms with Gasteiger partial charge in [0, 0.05) is 12.1 Å². The SMILES string of the molecule is CCCOc1cc(OCCCS(=O)(=O)O)cc(OCCCS(=O)(=O)O)c1C(=O)OC. The van der Waals surface area contributed by atoms with Crippen LogP contribution in [0.15, 0.2) is 12.1 Å². The minimum atomic E-state index is -4.16. The van der Waals surface area contributed by atoms with Crippen LogP contribution in [-0.2, 0) is 25.0 Å². The molecule has 0 aliphatic heterocycles. The van der Waals surface area contributed by atoms with Crippen molar-refractivity contribution in [3.63, 3.8) is 0 Å². The first-order valence-electron chi connectivity index (χ1n) is 9.02. The molecule has 2 N–H and O–H groups in total. The first-order chi connectivity index (χ1) is 14.0. The summed E-state index contributed by atoms with van der Waals surface area (Å²) in [4.78, 5) is 12.2. The zero-order valence-corrected chi connectivity index (χ0v) is 18.3. The van der Waals surface area contributed by atoms with Crippen molar-refractivity contribution in [2.45, 2.75) is 26.2 Å². The number of benzene rings is 1. The maximum Gasteiger partial charge on any atom is 0.345 e. The van der Waals surface area contributed by atoms with E-state index in [0.29, 0.717) is 6.42 Å². The van der Waals surface area contributed by atoms with E-state index in [2.05, 4.69) is 0 Å². The summed E-state index contributed by atoms with van der Waals surface area (Å²) in [6, 6.07) is 2.77. The van der Waals surface area contributed by atoms with Gasteiger partial charge >= 0.3 is 5.97 Å². The van der Waals surface area contributed by atoms with E-state index < -0.39 is 37.7 Å². The molecule has 0 fully saturated rings. The highest BCUT2D eigenvalue weighted by molar-refractivity contribution is 7.86. The first-order valence-corrected chi connectivity index (χ1v) is 12.2. The summed E-state index contributed by atoms with van der Waals surface area (Å²) >= 11 is 0. The molecule has 11 nitrogen and oxygen atoms in total. The van der Waals surface area contributed by atoms with Crippen LogP contribution < -0.4 is 14.2 Å². The van der Waals surface area contributed by atoms with Crippen LogP contribution in [0.1, 0.15) is 36.5 Å². The van der Waals surface area contributed by atoms with E-state index in [1.807, 2.05) is 6.92 Å². The third-order valence-electron chi connectivity index (χ3n) is 3.51. The van der Waals surface area contributed by atoms with E-state index in [1.54, 1.807) is 0 Å². The highest BCUT2D eigenvalue weighted by Crippen LogP contribution is 2.35. The Morgan fingerprint density at radius 1 is 0.867 bits per heavy atom. The van der Waals surface area contributed by atoms with Crippen LogP contribution in [-0.4, -0.2) is 70.3 Å². The van der Waals surface area contributed by atoms with Gasteiger partial charge in [0.25, 0.3) is 20.2 Å². The Hall–Kier alpha value is -2.09. The van der Waals surface area contributed by atoms with Gasteiger partial charge in [0.2, 0.25) is 0 Å². The van der Waals surface area contributed by atoms with Gasteiger partial charge in [-0.1, -0.05) is 6.92 Å². The summed E-state index contributed by atoms with van der Waals surface area (Å²) in [6.07, 6.45) is 0.627. The van der Waals surface area contributed by atoms with Crippen molar-refractivity contribution < 1.29 is 49.7 Å². The first kappa shape index (κ1) is 25.9. The van der Waals surface area contributed by atoms with Gasteiger partial charge < -0.3 is 18.9 Å². The molecule has 1 aromatic rings. The van der Waals surface area contributed by atoms with E-state index in [4.69, 9.17) is 28.1 Å². The molecule has 0 aliphatic rings. The van der Waals surface area contributed by atoms with Crippen molar-refractivity contribution in [2.75, 3.05) is 38.4 Å². The number of carbonyl (C=O) groups is 1. The Morgan fingerprint density at radius 3 is 1.77 bits per heavy atom. The van der Waals surface area contributed by atoms with Crippen molar-refractivity contribution in [3.8, 4) is 17.2 Å². The zero-order valence-electron chi connectivity index (χ0n) is 16.7. The van der Waals surface area contributed by atoms with Crippen molar-refractivity contribution in [2.24, 2.45) is 0 Å². The van der Waals surface area contributed by atoms with E-state index in [1.165, 1.54) is 19.2 Å². The van der Waals surface area contributed by atoms with Crippen molar-refractivity contribution >= 4 is 26.2 Å². The predicted octanol–water partition coefficient (Wildman–Crippen LogP) is 1.58. The van der Waals surface area contributed by atoms with Gasteiger partial charge in [-0.25, -0.2) is 4.79 Å². The molecule has 0 heterocycles. The molecular weight excluding hydrogens is 444 g/mol. The smallest absolute Gasteiger partial charge is 0.345 e. The summed E-state index contributed by atoms with van der Waals surface area (Å²) in [5.41, 5.74) is -0.0249. The van der Waals surface area contributed by atoms with E-state index in [0.717, 1.165) is 0 Å². The number of hydrogen-bond acceptors (Lipinski definition) is 9. The fraction of sp³-hybridized carbons (Fsp3) is 0.588. The zero-order chi connectivity index (χ0) is 22.8. The van der Waals surface area contributed by atoms with Crippen LogP contribution in [0, 0.1) is 0 Å². The predicted molar refractivity (Wildman–Crippen MR) is 107 cm³/mol. The monoisotopic (exact) mass is 470 g/mol. The molecule has 0 atom stereocenters. The molecule has 0 radical (unpaired) electrons. The molecule has 172 valence electrons. The highest BCUT2D eigenvalue weighted by Gasteiger charge is 2.22. The van der Waals surface area contributed by atoms with Gasteiger partial charge in [-0.05, 0) is 19.3 Å². The molecule has 1 rings (SSSR count). The number of ether oxygens (including phenoxy) is 4. The number of esters is 1. The van der Waals surface area contributed by atoms with Gasteiger partial charge in [0.1, 0.15) is 22.8 Å². The molecule has 0 bridgehead atoms. The van der Waals surface area contributed by atoms with Gasteiger partial charge in [0.15, 0.2) is 0 Å². The Kier molecular flexibility index (Phi) is 10.3. The van der Waals surface area contributed by atoms with Crippen molar-refractivity contribution in [3.05, 3.63) is 17.7 Å². The summed E-state index contributed by atoms with van der Waals surface area (Å²) in [7, 11) is -7.10. The number of rotatable bonds is 14. The van der Waals surface area contributed by atoms with Gasteiger partial charge in [-0.15, -0.1) is 0 Å². The molecule has 0 aromatic heterocycles. The summed E-state index contributed by atoms with van der Waals surface area (Å²) in [6.45, 7) is 1.95. The summed E-state index contributed by atoms with van der Waals surface area (Å²) in [5.74, 6) is -1.43. The molecule has 1 aromatic carbocycles. The van der Waals surface area contributed by atoms with Gasteiger partial charge in [-0.3, -0.25) is 9.11 Å². The molecule has 0 spiro atoms. The average Bonchev–Trinajstić information content (AvgIpc) is 2.64. The Balaban J connectivity index is 3.08. The second-order valence-corrected chi connectivity index (χ2v) is 9.25. The fourth-order valence-corrected chi connectivity index (χ4v) is 3.21. The minimum Gasteiger partial charge on any atom is -0.493 e. The number of hydrogen-bond donors (Lipinski definition) is 2. The lowest BCUT2D eigenvalue weighted by Crippen LogP contribution is -2.13. The quantitative estimate of drug-likeness (QED) is 0.230. The van der Waals surface area contributed by atoms with Crippen LogP contribution >= 0.6 is 0 Å². The summed E-state index contributed by atoms with van der Waals surface area (Å²) < 4.78 is 82.1. The van der Waals surface area contributed by atoms with Crippen molar-refractivity contribution in [1.29, 1.82) is 0 Å². The Bertz CT molecular complexity index is 908. The maximum atomic E-state index is 12.2. The largest absolute Gasteiger partial charge is 0.493 e. The molecular formula is C17H26O11S2. The lowest BCUT2D eigenvalue weighted by atomic mass is 10.1. The average molecular weight is 471 g/mol. The minimum absolute atomic E-state index is 0.00979. The molecule has 30 heavy (non-hydrogen) atoms. The number of methoxy groups -OCH3 is 1. The second kappa shape index (κ2) is 11.9. The third kappa shape index (κ3) is 10.1. The molecule has 0 aliphatic carbocycles. The summed E-state index contributed by atoms with van der Waals surface area (Å²) in [5, 5.41) is 0. The van der Waals surface area contributed by atoms with Gasteiger partial charge in [0.05, 0.1) is 38.4 Å². The Morgan fingerprint density at radius 2 is 1.33 bits per heavy atom.